The molecule has 8 nitrogen and oxygen atoms in total. The van der Waals surface area contributed by atoms with Gasteiger partial charge in [0.25, 0.3) is 11.5 Å². The monoisotopic (exact) mass is 402 g/mol. The lowest BCUT2D eigenvalue weighted by atomic mass is 10.1. The van der Waals surface area contributed by atoms with Gasteiger partial charge in [-0.25, -0.2) is 4.68 Å². The molecule has 0 aliphatic rings. The van der Waals surface area contributed by atoms with Gasteiger partial charge in [-0.2, -0.15) is 10.2 Å². The molecule has 4 rings (SSSR count). The van der Waals surface area contributed by atoms with Crippen LogP contribution in [0, 0.1) is 5.92 Å². The Kier molecular flexibility index (Phi) is 5.38. The summed E-state index contributed by atoms with van der Waals surface area (Å²) >= 11 is 0. The van der Waals surface area contributed by atoms with Crippen LogP contribution in [0.5, 0.6) is 0 Å². The van der Waals surface area contributed by atoms with Crippen LogP contribution in [0.4, 0.5) is 5.82 Å². The van der Waals surface area contributed by atoms with Gasteiger partial charge in [-0.05, 0) is 29.7 Å². The summed E-state index contributed by atoms with van der Waals surface area (Å²) in [5, 5.41) is 12.6. The van der Waals surface area contributed by atoms with E-state index in [-0.39, 0.29) is 17.2 Å². The molecular weight excluding hydrogens is 380 g/mol. The van der Waals surface area contributed by atoms with Gasteiger partial charge in [0.2, 0.25) is 0 Å². The maximum absolute atomic E-state index is 13.0. The molecule has 3 aromatic heterocycles. The van der Waals surface area contributed by atoms with Crippen LogP contribution in [0.15, 0.2) is 65.8 Å². The van der Waals surface area contributed by atoms with Crippen molar-refractivity contribution in [2.75, 3.05) is 5.32 Å². The normalized spacial score (nSPS) is 11.2. The fraction of sp³-hybridized carbons (Fsp3) is 0.227. The van der Waals surface area contributed by atoms with Crippen LogP contribution in [0.3, 0.4) is 0 Å². The minimum Gasteiger partial charge on any atom is -0.304 e. The number of hydrogen-bond donors (Lipinski definition) is 1. The van der Waals surface area contributed by atoms with Crippen molar-refractivity contribution in [3.63, 3.8) is 0 Å². The van der Waals surface area contributed by atoms with Gasteiger partial charge in [0.1, 0.15) is 0 Å². The van der Waals surface area contributed by atoms with Crippen LogP contribution in [0.2, 0.25) is 0 Å². The Labute approximate surface area is 173 Å². The molecule has 1 N–H and O–H groups in total. The molecule has 152 valence electrons. The number of aromatic nitrogens is 5. The summed E-state index contributed by atoms with van der Waals surface area (Å²) in [6.07, 6.45) is 5.25. The lowest BCUT2D eigenvalue weighted by Gasteiger charge is -2.12. The highest BCUT2D eigenvalue weighted by molar-refractivity contribution is 6.10. The molecule has 0 bridgehead atoms. The third kappa shape index (κ3) is 4.12. The number of nitrogens with one attached hydrogen (secondary N) is 1. The predicted octanol–water partition coefficient (Wildman–Crippen LogP) is 2.94. The number of rotatable bonds is 6. The van der Waals surface area contributed by atoms with E-state index in [0.717, 1.165) is 5.56 Å². The molecule has 0 aliphatic carbocycles. The Morgan fingerprint density at radius 2 is 1.77 bits per heavy atom. The minimum atomic E-state index is -0.405. The number of carbonyl (C=O) groups excluding carboxylic acids is 1. The summed E-state index contributed by atoms with van der Waals surface area (Å²) in [6.45, 7) is 5.00. The first-order valence-electron chi connectivity index (χ1n) is 9.75. The fourth-order valence-electron chi connectivity index (χ4n) is 3.24. The molecule has 0 aliphatic heterocycles. The molecule has 0 saturated carbocycles. The first-order chi connectivity index (χ1) is 14.5. The minimum absolute atomic E-state index is 0.197. The fourth-order valence-corrected chi connectivity index (χ4v) is 3.24. The Balaban J connectivity index is 1.62. The molecule has 8 heteroatoms. The van der Waals surface area contributed by atoms with E-state index < -0.39 is 5.91 Å². The topological polar surface area (TPSA) is 94.7 Å². The van der Waals surface area contributed by atoms with Gasteiger partial charge >= 0.3 is 0 Å². The highest BCUT2D eigenvalue weighted by Crippen LogP contribution is 2.16. The van der Waals surface area contributed by atoms with Crippen molar-refractivity contribution >= 4 is 22.5 Å². The molecule has 0 spiro atoms. The van der Waals surface area contributed by atoms with Gasteiger partial charge in [0.15, 0.2) is 11.5 Å². The molecule has 0 fully saturated rings. The highest BCUT2D eigenvalue weighted by Gasteiger charge is 2.18. The van der Waals surface area contributed by atoms with Crippen molar-refractivity contribution in [2.24, 2.45) is 5.92 Å². The van der Waals surface area contributed by atoms with Crippen molar-refractivity contribution in [1.29, 1.82) is 0 Å². The summed E-state index contributed by atoms with van der Waals surface area (Å²) in [6, 6.07) is 12.6. The molecule has 0 atom stereocenters. The lowest BCUT2D eigenvalue weighted by Crippen LogP contribution is -2.29. The van der Waals surface area contributed by atoms with E-state index >= 15 is 0 Å². The number of benzene rings is 1. The van der Waals surface area contributed by atoms with E-state index in [1.165, 1.54) is 4.68 Å². The Hall–Kier alpha value is -3.81. The van der Waals surface area contributed by atoms with Crippen LogP contribution < -0.4 is 10.9 Å². The number of carbonyl (C=O) groups is 1. The summed E-state index contributed by atoms with van der Waals surface area (Å²) in [4.78, 5) is 29.7. The van der Waals surface area contributed by atoms with Gasteiger partial charge in [0, 0.05) is 36.6 Å². The van der Waals surface area contributed by atoms with Gasteiger partial charge in [0.05, 0.1) is 11.9 Å². The second kappa shape index (κ2) is 8.28. The molecule has 30 heavy (non-hydrogen) atoms. The summed E-state index contributed by atoms with van der Waals surface area (Å²) in [5.41, 5.74) is 1.06. The molecule has 0 unspecified atom stereocenters. The summed E-state index contributed by atoms with van der Waals surface area (Å²) in [7, 11) is 0. The Morgan fingerprint density at radius 1 is 1.03 bits per heavy atom. The summed E-state index contributed by atoms with van der Waals surface area (Å²) < 4.78 is 3.10. The Morgan fingerprint density at radius 3 is 2.50 bits per heavy atom. The highest BCUT2D eigenvalue weighted by atomic mass is 16.2. The molecule has 0 radical (unpaired) electrons. The van der Waals surface area contributed by atoms with E-state index in [1.54, 1.807) is 53.6 Å². The SMILES string of the molecule is CC(C)Cn1nc(C(=O)Nc2ccn(Cc3ccncc3)n2)c2ccccc2c1=O. The van der Waals surface area contributed by atoms with Crippen LogP contribution in [-0.2, 0) is 13.1 Å². The second-order valence-electron chi connectivity index (χ2n) is 7.48. The van der Waals surface area contributed by atoms with Gasteiger partial charge in [-0.1, -0.05) is 32.0 Å². The smallest absolute Gasteiger partial charge is 0.277 e. The van der Waals surface area contributed by atoms with Crippen molar-refractivity contribution in [3.8, 4) is 0 Å². The van der Waals surface area contributed by atoms with Crippen molar-refractivity contribution < 1.29 is 4.79 Å². The third-order valence-electron chi connectivity index (χ3n) is 4.60. The molecule has 3 heterocycles. The molecule has 1 aromatic carbocycles. The predicted molar refractivity (Wildman–Crippen MR) is 114 cm³/mol. The first-order valence-corrected chi connectivity index (χ1v) is 9.75. The van der Waals surface area contributed by atoms with Gasteiger partial charge < -0.3 is 5.32 Å². The van der Waals surface area contributed by atoms with Crippen LogP contribution >= 0.6 is 0 Å². The van der Waals surface area contributed by atoms with Gasteiger partial charge in [-0.15, -0.1) is 0 Å². The second-order valence-corrected chi connectivity index (χ2v) is 7.48. The maximum Gasteiger partial charge on any atom is 0.277 e. The zero-order valence-corrected chi connectivity index (χ0v) is 16.8. The van der Waals surface area contributed by atoms with Gasteiger partial charge in [-0.3, -0.25) is 19.3 Å². The van der Waals surface area contributed by atoms with E-state index in [9.17, 15) is 9.59 Å². The number of pyridine rings is 1. The number of nitrogens with zero attached hydrogens (tertiary/aromatic N) is 5. The van der Waals surface area contributed by atoms with Crippen LogP contribution in [-0.4, -0.2) is 30.5 Å². The third-order valence-corrected chi connectivity index (χ3v) is 4.60. The standard InChI is InChI=1S/C22H22N6O2/c1-15(2)13-28-22(30)18-6-4-3-5-17(18)20(26-28)21(29)24-19-9-12-27(25-19)14-16-7-10-23-11-8-16/h3-12,15H,13-14H2,1-2H3,(H,24,25,29). The molecule has 4 aromatic rings. The number of amides is 1. The van der Waals surface area contributed by atoms with E-state index in [2.05, 4.69) is 20.5 Å². The van der Waals surface area contributed by atoms with Crippen molar-refractivity contribution in [1.82, 2.24) is 24.5 Å². The largest absolute Gasteiger partial charge is 0.304 e. The molecule has 0 saturated heterocycles. The number of hydrogen-bond acceptors (Lipinski definition) is 5. The molecular formula is C22H22N6O2. The number of fused-ring (bicyclic) bond motifs is 1. The molecule has 1 amide bonds. The average molecular weight is 402 g/mol. The van der Waals surface area contributed by atoms with E-state index in [4.69, 9.17) is 0 Å². The first kappa shape index (κ1) is 19.5. The van der Waals surface area contributed by atoms with E-state index in [1.807, 2.05) is 26.0 Å². The zero-order valence-electron chi connectivity index (χ0n) is 16.8. The number of anilines is 1. The van der Waals surface area contributed by atoms with Crippen LogP contribution in [0.25, 0.3) is 10.8 Å². The van der Waals surface area contributed by atoms with E-state index in [0.29, 0.717) is 29.7 Å². The Bertz CT molecular complexity index is 1240. The van der Waals surface area contributed by atoms with Crippen molar-refractivity contribution in [3.05, 3.63) is 82.7 Å². The average Bonchev–Trinajstić information content (AvgIpc) is 3.17. The summed E-state index contributed by atoms with van der Waals surface area (Å²) in [5.74, 6) is 0.232. The zero-order chi connectivity index (χ0) is 21.1. The van der Waals surface area contributed by atoms with Crippen molar-refractivity contribution in [2.45, 2.75) is 26.9 Å². The maximum atomic E-state index is 13.0. The quantitative estimate of drug-likeness (QED) is 0.535. The van der Waals surface area contributed by atoms with Crippen LogP contribution in [0.1, 0.15) is 29.9 Å². The lowest BCUT2D eigenvalue weighted by molar-refractivity contribution is 0.102.